The van der Waals surface area contributed by atoms with Gasteiger partial charge in [0.1, 0.15) is 11.6 Å². The normalized spacial score (nSPS) is 19.1. The Bertz CT molecular complexity index is 1040. The number of rotatable bonds is 4. The van der Waals surface area contributed by atoms with Crippen LogP contribution in [-0.4, -0.2) is 66.6 Å². The number of hydrogen-bond donors (Lipinski definition) is 1. The minimum Gasteiger partial charge on any atom is -0.353 e. The van der Waals surface area contributed by atoms with Gasteiger partial charge in [-0.25, -0.2) is 9.97 Å². The first kappa shape index (κ1) is 20.5. The first-order valence-corrected chi connectivity index (χ1v) is 11.2. The second-order valence-corrected chi connectivity index (χ2v) is 8.23. The Balaban J connectivity index is 1.24. The fourth-order valence-electron chi connectivity index (χ4n) is 4.45. The average Bonchev–Trinajstić information content (AvgIpc) is 2.89. The molecule has 1 amide bonds. The molecule has 7 nitrogen and oxygen atoms in total. The second kappa shape index (κ2) is 9.36. The van der Waals surface area contributed by atoms with Crippen molar-refractivity contribution >= 4 is 17.5 Å². The third-order valence-electron chi connectivity index (χ3n) is 6.23. The lowest BCUT2D eigenvalue weighted by atomic mass is 10.0. The maximum Gasteiger partial charge on any atom is 0.254 e. The van der Waals surface area contributed by atoms with E-state index in [1.165, 1.54) is 5.56 Å². The molecule has 1 N–H and O–H groups in total. The molecule has 0 unspecified atom stereocenters. The summed E-state index contributed by atoms with van der Waals surface area (Å²) in [5, 5.41) is 3.59. The third-order valence-corrected chi connectivity index (χ3v) is 6.23. The van der Waals surface area contributed by atoms with Crippen LogP contribution in [0.2, 0.25) is 0 Å². The summed E-state index contributed by atoms with van der Waals surface area (Å²) in [6.45, 7) is 5.55. The SMILES string of the molecule is O=C(c1ccnc(N2CCN[C@H](c3ccccc3)C2)c1)N1CCN(c2ccccn2)CC1. The Morgan fingerprint density at radius 3 is 2.38 bits per heavy atom. The molecule has 0 spiro atoms. The van der Waals surface area contributed by atoms with Crippen LogP contribution in [0, 0.1) is 0 Å². The average molecular weight is 429 g/mol. The van der Waals surface area contributed by atoms with Crippen molar-refractivity contribution in [2.75, 3.05) is 55.6 Å². The number of hydrogen-bond acceptors (Lipinski definition) is 6. The molecule has 1 atom stereocenters. The summed E-state index contributed by atoms with van der Waals surface area (Å²) in [5.41, 5.74) is 1.98. The molecule has 1 aromatic carbocycles. The van der Waals surface area contributed by atoms with Gasteiger partial charge in [-0.15, -0.1) is 0 Å². The maximum atomic E-state index is 13.2. The molecule has 2 fully saturated rings. The van der Waals surface area contributed by atoms with Crippen molar-refractivity contribution in [1.29, 1.82) is 0 Å². The summed E-state index contributed by atoms with van der Waals surface area (Å²) in [5.74, 6) is 1.91. The van der Waals surface area contributed by atoms with Crippen molar-refractivity contribution in [3.05, 3.63) is 84.2 Å². The first-order chi connectivity index (χ1) is 15.8. The van der Waals surface area contributed by atoms with E-state index in [-0.39, 0.29) is 11.9 Å². The molecule has 32 heavy (non-hydrogen) atoms. The Hall–Kier alpha value is -3.45. The molecule has 4 heterocycles. The number of carbonyl (C=O) groups excluding carboxylic acids is 1. The lowest BCUT2D eigenvalue weighted by Crippen LogP contribution is -2.49. The van der Waals surface area contributed by atoms with Crippen LogP contribution in [0.25, 0.3) is 0 Å². The molecule has 2 aliphatic rings. The molecule has 7 heteroatoms. The van der Waals surface area contributed by atoms with Crippen LogP contribution in [0.3, 0.4) is 0 Å². The van der Waals surface area contributed by atoms with Crippen LogP contribution >= 0.6 is 0 Å². The molecule has 0 bridgehead atoms. The van der Waals surface area contributed by atoms with Gasteiger partial charge in [0.05, 0.1) is 0 Å². The van der Waals surface area contributed by atoms with Gasteiger partial charge in [0, 0.05) is 69.8 Å². The van der Waals surface area contributed by atoms with Gasteiger partial charge in [-0.1, -0.05) is 36.4 Å². The minimum atomic E-state index is 0.0732. The summed E-state index contributed by atoms with van der Waals surface area (Å²) in [6, 6.07) is 20.4. The predicted molar refractivity (Wildman–Crippen MR) is 126 cm³/mol. The Morgan fingerprint density at radius 1 is 0.812 bits per heavy atom. The van der Waals surface area contributed by atoms with Gasteiger partial charge in [0.2, 0.25) is 0 Å². The first-order valence-electron chi connectivity index (χ1n) is 11.2. The smallest absolute Gasteiger partial charge is 0.254 e. The van der Waals surface area contributed by atoms with E-state index in [2.05, 4.69) is 49.4 Å². The van der Waals surface area contributed by atoms with Crippen molar-refractivity contribution < 1.29 is 4.79 Å². The minimum absolute atomic E-state index is 0.0732. The van der Waals surface area contributed by atoms with Crippen LogP contribution in [0.5, 0.6) is 0 Å². The summed E-state index contributed by atoms with van der Waals surface area (Å²) in [7, 11) is 0. The molecule has 2 aromatic heterocycles. The van der Waals surface area contributed by atoms with Crippen LogP contribution in [0.15, 0.2) is 73.1 Å². The van der Waals surface area contributed by atoms with Crippen LogP contribution in [0.1, 0.15) is 22.0 Å². The standard InChI is InChI=1S/C25H28N6O/c32-25(30-16-14-29(15-17-30)23-8-4-5-10-27-23)21-9-11-28-24(18-21)31-13-12-26-22(19-31)20-6-2-1-3-7-20/h1-11,18,22,26H,12-17,19H2/t22-/m0/s1. The lowest BCUT2D eigenvalue weighted by Gasteiger charge is -2.36. The number of aromatic nitrogens is 2. The monoisotopic (exact) mass is 428 g/mol. The van der Waals surface area contributed by atoms with Gasteiger partial charge in [-0.2, -0.15) is 0 Å². The van der Waals surface area contributed by atoms with Crippen molar-refractivity contribution in [1.82, 2.24) is 20.2 Å². The van der Waals surface area contributed by atoms with Gasteiger partial charge < -0.3 is 20.0 Å². The number of benzene rings is 1. The summed E-state index contributed by atoms with van der Waals surface area (Å²) in [6.07, 6.45) is 3.57. The number of nitrogens with zero attached hydrogens (tertiary/aromatic N) is 5. The second-order valence-electron chi connectivity index (χ2n) is 8.23. The van der Waals surface area contributed by atoms with Crippen molar-refractivity contribution in [3.63, 3.8) is 0 Å². The van der Waals surface area contributed by atoms with E-state index in [9.17, 15) is 4.79 Å². The molecule has 2 saturated heterocycles. The molecular formula is C25H28N6O. The molecule has 5 rings (SSSR count). The van der Waals surface area contributed by atoms with Crippen molar-refractivity contribution in [2.24, 2.45) is 0 Å². The fourth-order valence-corrected chi connectivity index (χ4v) is 4.45. The zero-order chi connectivity index (χ0) is 21.8. The van der Waals surface area contributed by atoms with Gasteiger partial charge >= 0.3 is 0 Å². The van der Waals surface area contributed by atoms with Gasteiger partial charge in [0.25, 0.3) is 5.91 Å². The van der Waals surface area contributed by atoms with Gasteiger partial charge in [0.15, 0.2) is 0 Å². The van der Waals surface area contributed by atoms with Gasteiger partial charge in [-0.3, -0.25) is 4.79 Å². The topological polar surface area (TPSA) is 64.6 Å². The largest absolute Gasteiger partial charge is 0.353 e. The highest BCUT2D eigenvalue weighted by molar-refractivity contribution is 5.95. The summed E-state index contributed by atoms with van der Waals surface area (Å²) >= 11 is 0. The highest BCUT2D eigenvalue weighted by Crippen LogP contribution is 2.22. The van der Waals surface area contributed by atoms with Crippen molar-refractivity contribution in [3.8, 4) is 0 Å². The van der Waals surface area contributed by atoms with Crippen LogP contribution in [-0.2, 0) is 0 Å². The Morgan fingerprint density at radius 2 is 1.59 bits per heavy atom. The number of carbonyl (C=O) groups is 1. The van der Waals surface area contributed by atoms with Crippen molar-refractivity contribution in [2.45, 2.75) is 6.04 Å². The summed E-state index contributed by atoms with van der Waals surface area (Å²) < 4.78 is 0. The van der Waals surface area contributed by atoms with E-state index in [0.29, 0.717) is 18.7 Å². The molecule has 0 radical (unpaired) electrons. The zero-order valence-electron chi connectivity index (χ0n) is 18.1. The van der Waals surface area contributed by atoms with E-state index in [1.807, 2.05) is 47.5 Å². The lowest BCUT2D eigenvalue weighted by molar-refractivity contribution is 0.0746. The van der Waals surface area contributed by atoms with Gasteiger partial charge in [-0.05, 0) is 29.8 Å². The third kappa shape index (κ3) is 4.43. The molecule has 0 aliphatic carbocycles. The zero-order valence-corrected chi connectivity index (χ0v) is 18.1. The highest BCUT2D eigenvalue weighted by Gasteiger charge is 2.25. The number of amides is 1. The molecular weight excluding hydrogens is 400 g/mol. The van der Waals surface area contributed by atoms with E-state index in [4.69, 9.17) is 0 Å². The van der Waals surface area contributed by atoms with Crippen LogP contribution < -0.4 is 15.1 Å². The number of anilines is 2. The molecule has 3 aromatic rings. The molecule has 0 saturated carbocycles. The molecule has 2 aliphatic heterocycles. The van der Waals surface area contributed by atoms with E-state index < -0.39 is 0 Å². The van der Waals surface area contributed by atoms with Crippen LogP contribution in [0.4, 0.5) is 11.6 Å². The quantitative estimate of drug-likeness (QED) is 0.689. The molecule has 164 valence electrons. The maximum absolute atomic E-state index is 13.2. The van der Waals surface area contributed by atoms with E-state index >= 15 is 0 Å². The van der Waals surface area contributed by atoms with E-state index in [1.54, 1.807) is 6.20 Å². The Kier molecular flexibility index (Phi) is 5.98. The summed E-state index contributed by atoms with van der Waals surface area (Å²) in [4.78, 5) is 28.6. The highest BCUT2D eigenvalue weighted by atomic mass is 16.2. The fraction of sp³-hybridized carbons (Fsp3) is 0.320. The van der Waals surface area contributed by atoms with E-state index in [0.717, 1.165) is 44.4 Å². The number of pyridine rings is 2. The number of nitrogens with one attached hydrogen (secondary N) is 1. The number of piperazine rings is 2. The Labute approximate surface area is 188 Å². The predicted octanol–water partition coefficient (Wildman–Crippen LogP) is 2.59.